The molecular weight excluding hydrogens is 356 g/mol. The van der Waals surface area contributed by atoms with Crippen molar-refractivity contribution in [2.24, 2.45) is 0 Å². The Morgan fingerprint density at radius 3 is 2.55 bits per heavy atom. The third-order valence-electron chi connectivity index (χ3n) is 3.73. The van der Waals surface area contributed by atoms with Crippen LogP contribution in [0.25, 0.3) is 0 Å². The molecular formula is C18H21BrN2S. The molecule has 0 radical (unpaired) electrons. The fourth-order valence-corrected chi connectivity index (χ4v) is 2.95. The van der Waals surface area contributed by atoms with E-state index in [-0.39, 0.29) is 6.04 Å². The molecule has 0 fully saturated rings. The molecule has 2 N–H and O–H groups in total. The van der Waals surface area contributed by atoms with Gasteiger partial charge in [0.05, 0.1) is 6.04 Å². The first-order valence-electron chi connectivity index (χ1n) is 7.40. The molecule has 0 spiro atoms. The van der Waals surface area contributed by atoms with E-state index in [1.165, 1.54) is 16.7 Å². The van der Waals surface area contributed by atoms with E-state index in [0.29, 0.717) is 5.11 Å². The molecule has 0 unspecified atom stereocenters. The van der Waals surface area contributed by atoms with Crippen LogP contribution in [0.5, 0.6) is 0 Å². The Morgan fingerprint density at radius 2 is 1.91 bits per heavy atom. The van der Waals surface area contributed by atoms with Crippen LogP contribution in [-0.4, -0.2) is 5.11 Å². The molecule has 0 aliphatic rings. The quantitative estimate of drug-likeness (QED) is 0.688. The zero-order valence-corrected chi connectivity index (χ0v) is 15.5. The van der Waals surface area contributed by atoms with Gasteiger partial charge in [0.15, 0.2) is 5.11 Å². The lowest BCUT2D eigenvalue weighted by atomic mass is 9.99. The molecule has 0 heterocycles. The van der Waals surface area contributed by atoms with Gasteiger partial charge in [-0.2, -0.15) is 0 Å². The van der Waals surface area contributed by atoms with Gasteiger partial charge in [0.2, 0.25) is 0 Å². The second kappa shape index (κ2) is 7.75. The Labute approximate surface area is 146 Å². The van der Waals surface area contributed by atoms with Crippen molar-refractivity contribution in [2.45, 2.75) is 33.2 Å². The Kier molecular flexibility index (Phi) is 5.98. The molecule has 0 amide bonds. The van der Waals surface area contributed by atoms with Crippen LogP contribution in [0.1, 0.15) is 36.1 Å². The van der Waals surface area contributed by atoms with Crippen molar-refractivity contribution in [3.63, 3.8) is 0 Å². The summed E-state index contributed by atoms with van der Waals surface area (Å²) in [5.74, 6) is 0. The summed E-state index contributed by atoms with van der Waals surface area (Å²) in [6.07, 6.45) is 0.975. The standard InChI is InChI=1S/C18H21BrN2S/c1-4-17(14-9-8-12(2)13(3)10-14)21-18(22)20-16-7-5-6-15(19)11-16/h5-11,17H,4H2,1-3H3,(H2,20,21,22)/t17-/m1/s1. The van der Waals surface area contributed by atoms with Crippen molar-refractivity contribution < 1.29 is 0 Å². The van der Waals surface area contributed by atoms with Gasteiger partial charge in [0.1, 0.15) is 0 Å². The van der Waals surface area contributed by atoms with E-state index in [1.54, 1.807) is 0 Å². The third kappa shape index (κ3) is 4.55. The fourth-order valence-electron chi connectivity index (χ4n) is 2.29. The predicted octanol–water partition coefficient (Wildman–Crippen LogP) is 5.50. The van der Waals surface area contributed by atoms with Crippen LogP contribution >= 0.6 is 28.1 Å². The Bertz CT molecular complexity index is 670. The topological polar surface area (TPSA) is 24.1 Å². The highest BCUT2D eigenvalue weighted by Crippen LogP contribution is 2.20. The Morgan fingerprint density at radius 1 is 1.14 bits per heavy atom. The molecule has 22 heavy (non-hydrogen) atoms. The van der Waals surface area contributed by atoms with Crippen molar-refractivity contribution in [1.82, 2.24) is 5.32 Å². The molecule has 2 rings (SSSR count). The molecule has 0 aliphatic carbocycles. The number of aryl methyl sites for hydroxylation is 2. The monoisotopic (exact) mass is 376 g/mol. The average Bonchev–Trinajstić information content (AvgIpc) is 2.48. The van der Waals surface area contributed by atoms with Crippen LogP contribution < -0.4 is 10.6 Å². The first-order chi connectivity index (χ1) is 10.5. The summed E-state index contributed by atoms with van der Waals surface area (Å²) < 4.78 is 1.03. The molecule has 2 aromatic rings. The number of rotatable bonds is 4. The highest BCUT2D eigenvalue weighted by Gasteiger charge is 2.11. The van der Waals surface area contributed by atoms with Gasteiger partial charge < -0.3 is 10.6 Å². The number of halogens is 1. The van der Waals surface area contributed by atoms with Crippen molar-refractivity contribution in [3.05, 3.63) is 63.6 Å². The van der Waals surface area contributed by atoms with Crippen LogP contribution in [0.15, 0.2) is 46.9 Å². The van der Waals surface area contributed by atoms with Crippen LogP contribution in [0, 0.1) is 13.8 Å². The van der Waals surface area contributed by atoms with Crippen molar-refractivity contribution in [2.75, 3.05) is 5.32 Å². The molecule has 2 aromatic carbocycles. The zero-order chi connectivity index (χ0) is 16.1. The molecule has 4 heteroatoms. The smallest absolute Gasteiger partial charge is 0.171 e. The predicted molar refractivity (Wildman–Crippen MR) is 102 cm³/mol. The highest BCUT2D eigenvalue weighted by molar-refractivity contribution is 9.10. The zero-order valence-electron chi connectivity index (χ0n) is 13.1. The third-order valence-corrected chi connectivity index (χ3v) is 4.44. The first-order valence-corrected chi connectivity index (χ1v) is 8.60. The lowest BCUT2D eigenvalue weighted by Crippen LogP contribution is -2.32. The lowest BCUT2D eigenvalue weighted by molar-refractivity contribution is 0.628. The molecule has 0 saturated carbocycles. The molecule has 0 saturated heterocycles. The minimum absolute atomic E-state index is 0.214. The van der Waals surface area contributed by atoms with Gasteiger partial charge in [-0.15, -0.1) is 0 Å². The van der Waals surface area contributed by atoms with Gasteiger partial charge >= 0.3 is 0 Å². The largest absolute Gasteiger partial charge is 0.356 e. The number of anilines is 1. The minimum atomic E-state index is 0.214. The second-order valence-electron chi connectivity index (χ2n) is 5.41. The van der Waals surface area contributed by atoms with Crippen molar-refractivity contribution in [3.8, 4) is 0 Å². The number of nitrogens with one attached hydrogen (secondary N) is 2. The van der Waals surface area contributed by atoms with Crippen LogP contribution in [0.2, 0.25) is 0 Å². The summed E-state index contributed by atoms with van der Waals surface area (Å²) in [6.45, 7) is 6.44. The summed E-state index contributed by atoms with van der Waals surface area (Å²) >= 11 is 8.91. The Hall–Kier alpha value is -1.39. The number of thiocarbonyl (C=S) groups is 1. The molecule has 0 aromatic heterocycles. The lowest BCUT2D eigenvalue weighted by Gasteiger charge is -2.21. The summed E-state index contributed by atoms with van der Waals surface area (Å²) in [6, 6.07) is 14.8. The van der Waals surface area contributed by atoms with Gasteiger partial charge in [-0.25, -0.2) is 0 Å². The summed E-state index contributed by atoms with van der Waals surface area (Å²) in [5, 5.41) is 7.28. The van der Waals surface area contributed by atoms with Gasteiger partial charge in [0.25, 0.3) is 0 Å². The maximum atomic E-state index is 5.44. The molecule has 116 valence electrons. The van der Waals surface area contributed by atoms with Crippen molar-refractivity contribution in [1.29, 1.82) is 0 Å². The number of hydrogen-bond acceptors (Lipinski definition) is 1. The van der Waals surface area contributed by atoms with E-state index >= 15 is 0 Å². The van der Waals surface area contributed by atoms with E-state index in [1.807, 2.05) is 24.3 Å². The maximum absolute atomic E-state index is 5.44. The van der Waals surface area contributed by atoms with E-state index in [2.05, 4.69) is 65.5 Å². The summed E-state index contributed by atoms with van der Waals surface area (Å²) in [4.78, 5) is 0. The molecule has 0 bridgehead atoms. The van der Waals surface area contributed by atoms with Crippen molar-refractivity contribution >= 4 is 38.9 Å². The van der Waals surface area contributed by atoms with E-state index < -0.39 is 0 Å². The average molecular weight is 377 g/mol. The normalized spacial score (nSPS) is 11.8. The summed E-state index contributed by atoms with van der Waals surface area (Å²) in [5.41, 5.74) is 4.86. The maximum Gasteiger partial charge on any atom is 0.171 e. The highest BCUT2D eigenvalue weighted by atomic mass is 79.9. The SMILES string of the molecule is CC[C@@H](NC(=S)Nc1cccc(Br)c1)c1ccc(C)c(C)c1. The van der Waals surface area contributed by atoms with E-state index in [9.17, 15) is 0 Å². The van der Waals surface area contributed by atoms with E-state index in [4.69, 9.17) is 12.2 Å². The Balaban J connectivity index is 2.06. The van der Waals surface area contributed by atoms with Crippen LogP contribution in [-0.2, 0) is 0 Å². The fraction of sp³-hybridized carbons (Fsp3) is 0.278. The number of hydrogen-bond donors (Lipinski definition) is 2. The summed E-state index contributed by atoms with van der Waals surface area (Å²) in [7, 11) is 0. The van der Waals surface area contributed by atoms with Gasteiger partial charge in [-0.1, -0.05) is 47.1 Å². The number of benzene rings is 2. The van der Waals surface area contributed by atoms with Crippen LogP contribution in [0.3, 0.4) is 0 Å². The minimum Gasteiger partial charge on any atom is -0.356 e. The van der Waals surface area contributed by atoms with E-state index in [0.717, 1.165) is 16.6 Å². The van der Waals surface area contributed by atoms with Crippen LogP contribution in [0.4, 0.5) is 5.69 Å². The second-order valence-corrected chi connectivity index (χ2v) is 6.74. The van der Waals surface area contributed by atoms with Gasteiger partial charge in [-0.3, -0.25) is 0 Å². The molecule has 2 nitrogen and oxygen atoms in total. The first kappa shape index (κ1) is 17.0. The molecule has 1 atom stereocenters. The van der Waals surface area contributed by atoms with Gasteiger partial charge in [0, 0.05) is 10.2 Å². The van der Waals surface area contributed by atoms with Gasteiger partial charge in [-0.05, 0) is 67.4 Å². The molecule has 0 aliphatic heterocycles.